The molecule has 0 bridgehead atoms. The zero-order valence-electron chi connectivity index (χ0n) is 8.10. The molecular formula is C10H17Cl2Zr-. The van der Waals surface area contributed by atoms with Crippen LogP contribution in [0.5, 0.6) is 0 Å². The van der Waals surface area contributed by atoms with Crippen molar-refractivity contribution >= 4 is 17.0 Å². The summed E-state index contributed by atoms with van der Waals surface area (Å²) in [4.78, 5) is 0. The predicted molar refractivity (Wildman–Crippen MR) is 59.5 cm³/mol. The minimum absolute atomic E-state index is 0.826. The van der Waals surface area contributed by atoms with E-state index in [1.807, 2.05) is 6.08 Å². The van der Waals surface area contributed by atoms with Crippen molar-refractivity contribution < 1.29 is 20.8 Å². The molecule has 0 fully saturated rings. The van der Waals surface area contributed by atoms with Crippen LogP contribution in [0.1, 0.15) is 32.6 Å². The van der Waals surface area contributed by atoms with Crippen LogP contribution in [-0.2, 0) is 20.8 Å². The van der Waals surface area contributed by atoms with E-state index in [2.05, 4.69) is 32.1 Å². The number of hydrogen-bond donors (Lipinski definition) is 0. The molecule has 13 heavy (non-hydrogen) atoms. The first-order valence-electron chi connectivity index (χ1n) is 4.38. The van der Waals surface area contributed by atoms with Crippen molar-refractivity contribution in [3.05, 3.63) is 31.2 Å². The Hall–Kier alpha value is 0.813. The van der Waals surface area contributed by atoms with E-state index in [0.717, 1.165) is 6.42 Å². The molecule has 0 heterocycles. The van der Waals surface area contributed by atoms with Crippen LogP contribution in [0.15, 0.2) is 24.3 Å². The molecular weight excluding hydrogens is 282 g/mol. The Morgan fingerprint density at radius 3 is 2.31 bits per heavy atom. The van der Waals surface area contributed by atoms with Gasteiger partial charge in [0.2, 0.25) is 0 Å². The molecule has 0 radical (unpaired) electrons. The summed E-state index contributed by atoms with van der Waals surface area (Å²) in [7, 11) is 9.87. The first kappa shape index (κ1) is 16.3. The third kappa shape index (κ3) is 24.5. The molecule has 0 spiro atoms. The molecule has 0 saturated heterocycles. The van der Waals surface area contributed by atoms with E-state index < -0.39 is 20.8 Å². The van der Waals surface area contributed by atoms with Crippen LogP contribution in [0.4, 0.5) is 0 Å². The zero-order chi connectivity index (χ0) is 10.4. The Labute approximate surface area is 101 Å². The topological polar surface area (TPSA) is 0 Å². The SMILES string of the molecule is [CH2-]C=CCC=CCCCC.[Cl][Zr][Cl]. The van der Waals surface area contributed by atoms with E-state index in [1.165, 1.54) is 19.3 Å². The van der Waals surface area contributed by atoms with Crippen LogP contribution in [0, 0.1) is 6.92 Å². The van der Waals surface area contributed by atoms with Crippen LogP contribution in [0.2, 0.25) is 0 Å². The third-order valence-corrected chi connectivity index (χ3v) is 1.33. The molecule has 0 amide bonds. The summed E-state index contributed by atoms with van der Waals surface area (Å²) in [6.45, 7) is 5.82. The average Bonchev–Trinajstić information content (AvgIpc) is 2.13. The summed E-state index contributed by atoms with van der Waals surface area (Å²) in [5.74, 6) is 0. The van der Waals surface area contributed by atoms with Gasteiger partial charge in [-0.3, -0.25) is 0 Å². The van der Waals surface area contributed by atoms with Gasteiger partial charge >= 0.3 is 37.9 Å². The molecule has 0 nitrogen and oxygen atoms in total. The average molecular weight is 299 g/mol. The molecule has 0 aliphatic heterocycles. The first-order valence-corrected chi connectivity index (χ1v) is 10.7. The van der Waals surface area contributed by atoms with Crippen LogP contribution < -0.4 is 0 Å². The molecule has 0 N–H and O–H groups in total. The number of hydrogen-bond acceptors (Lipinski definition) is 0. The minimum atomic E-state index is -0.826. The van der Waals surface area contributed by atoms with Crippen LogP contribution in [-0.4, -0.2) is 0 Å². The Morgan fingerprint density at radius 1 is 1.23 bits per heavy atom. The Bertz CT molecular complexity index is 122. The van der Waals surface area contributed by atoms with Crippen LogP contribution >= 0.6 is 17.0 Å². The van der Waals surface area contributed by atoms with Crippen molar-refractivity contribution in [3.8, 4) is 0 Å². The first-order chi connectivity index (χ1) is 6.33. The molecule has 0 aliphatic carbocycles. The van der Waals surface area contributed by atoms with Gasteiger partial charge in [0.25, 0.3) is 0 Å². The van der Waals surface area contributed by atoms with Crippen LogP contribution in [0.25, 0.3) is 0 Å². The van der Waals surface area contributed by atoms with E-state index >= 15 is 0 Å². The predicted octanol–water partition coefficient (Wildman–Crippen LogP) is 4.89. The number of rotatable bonds is 5. The monoisotopic (exact) mass is 297 g/mol. The summed E-state index contributed by atoms with van der Waals surface area (Å²) in [5, 5.41) is 0. The Morgan fingerprint density at radius 2 is 1.85 bits per heavy atom. The Balaban J connectivity index is 0. The molecule has 0 aromatic rings. The Kier molecular flexibility index (Phi) is 23.2. The molecule has 0 unspecified atom stereocenters. The zero-order valence-corrected chi connectivity index (χ0v) is 12.1. The van der Waals surface area contributed by atoms with Crippen molar-refractivity contribution in [2.75, 3.05) is 0 Å². The van der Waals surface area contributed by atoms with E-state index in [-0.39, 0.29) is 0 Å². The van der Waals surface area contributed by atoms with E-state index in [0.29, 0.717) is 0 Å². The van der Waals surface area contributed by atoms with Gasteiger partial charge in [0.1, 0.15) is 0 Å². The van der Waals surface area contributed by atoms with Gasteiger partial charge < -0.3 is 0 Å². The number of unbranched alkanes of at least 4 members (excludes halogenated alkanes) is 2. The van der Waals surface area contributed by atoms with Crippen molar-refractivity contribution in [1.29, 1.82) is 0 Å². The number of allylic oxidation sites excluding steroid dienone is 4. The molecule has 0 aromatic carbocycles. The molecule has 0 atom stereocenters. The van der Waals surface area contributed by atoms with Crippen molar-refractivity contribution in [1.82, 2.24) is 0 Å². The molecule has 0 aromatic heterocycles. The molecule has 3 heteroatoms. The van der Waals surface area contributed by atoms with Gasteiger partial charge in [-0.1, -0.05) is 32.3 Å². The quantitative estimate of drug-likeness (QED) is 0.385. The summed E-state index contributed by atoms with van der Waals surface area (Å²) in [6.07, 6.45) is 13.2. The second-order valence-corrected chi connectivity index (χ2v) is 6.12. The second kappa shape index (κ2) is 18.6. The van der Waals surface area contributed by atoms with Gasteiger partial charge in [0.15, 0.2) is 0 Å². The van der Waals surface area contributed by atoms with Crippen molar-refractivity contribution in [2.45, 2.75) is 32.6 Å². The fraction of sp³-hybridized carbons (Fsp3) is 0.500. The van der Waals surface area contributed by atoms with Crippen molar-refractivity contribution in [3.63, 3.8) is 0 Å². The van der Waals surface area contributed by atoms with Crippen molar-refractivity contribution in [2.24, 2.45) is 0 Å². The fourth-order valence-electron chi connectivity index (χ4n) is 0.711. The summed E-state index contributed by atoms with van der Waals surface area (Å²) < 4.78 is 0. The van der Waals surface area contributed by atoms with Gasteiger partial charge in [0.05, 0.1) is 0 Å². The van der Waals surface area contributed by atoms with Gasteiger partial charge in [-0.05, 0) is 6.42 Å². The molecule has 76 valence electrons. The molecule has 0 rings (SSSR count). The van der Waals surface area contributed by atoms with E-state index in [1.54, 1.807) is 0 Å². The summed E-state index contributed by atoms with van der Waals surface area (Å²) in [6, 6.07) is 0. The van der Waals surface area contributed by atoms with Gasteiger partial charge in [-0.2, -0.15) is 0 Å². The van der Waals surface area contributed by atoms with E-state index in [9.17, 15) is 0 Å². The molecule has 0 saturated carbocycles. The normalized spacial score (nSPS) is 10.1. The van der Waals surface area contributed by atoms with Crippen LogP contribution in [0.3, 0.4) is 0 Å². The third-order valence-electron chi connectivity index (χ3n) is 1.33. The maximum atomic E-state index is 4.93. The number of halogens is 2. The second-order valence-electron chi connectivity index (χ2n) is 2.39. The maximum absolute atomic E-state index is 4.93. The van der Waals surface area contributed by atoms with E-state index in [4.69, 9.17) is 17.0 Å². The summed E-state index contributed by atoms with van der Waals surface area (Å²) in [5.41, 5.74) is 0. The standard InChI is InChI=1S/C10H17.2ClH.Zr/c1-3-5-7-9-10-8-6-4-2;;;/h3,5,9-10H,1,4,6-8H2,2H3;2*1H;/q-1;;;+2/p-2. The van der Waals surface area contributed by atoms with Gasteiger partial charge in [-0.15, -0.1) is 6.08 Å². The van der Waals surface area contributed by atoms with Gasteiger partial charge in [0, 0.05) is 0 Å². The van der Waals surface area contributed by atoms with Gasteiger partial charge in [-0.25, -0.2) is 19.1 Å². The summed E-state index contributed by atoms with van der Waals surface area (Å²) >= 11 is -0.826. The fourth-order valence-corrected chi connectivity index (χ4v) is 0.711. The molecule has 0 aliphatic rings.